The van der Waals surface area contributed by atoms with Gasteiger partial charge < -0.3 is 4.90 Å². The van der Waals surface area contributed by atoms with Crippen molar-refractivity contribution in [3.63, 3.8) is 0 Å². The van der Waals surface area contributed by atoms with E-state index in [9.17, 15) is 21.6 Å². The smallest absolute Gasteiger partial charge is 0.243 e. The maximum Gasteiger partial charge on any atom is 0.243 e. The molecule has 2 fully saturated rings. The highest BCUT2D eigenvalue weighted by atomic mass is 79.9. The molecule has 2 aliphatic heterocycles. The van der Waals surface area contributed by atoms with E-state index in [0.717, 1.165) is 6.26 Å². The molecular formula is C17H24BrN3O5S2. The largest absolute Gasteiger partial charge is 0.340 e. The molecule has 11 heteroatoms. The van der Waals surface area contributed by atoms with Crippen molar-refractivity contribution in [1.29, 1.82) is 0 Å². The highest BCUT2D eigenvalue weighted by Crippen LogP contribution is 2.24. The number of sulfonamides is 2. The molecule has 1 aromatic carbocycles. The van der Waals surface area contributed by atoms with Gasteiger partial charge in [0.25, 0.3) is 0 Å². The Bertz CT molecular complexity index is 943. The van der Waals surface area contributed by atoms with Crippen LogP contribution in [0.25, 0.3) is 0 Å². The van der Waals surface area contributed by atoms with Gasteiger partial charge in [-0.3, -0.25) is 4.79 Å². The summed E-state index contributed by atoms with van der Waals surface area (Å²) in [5.74, 6) is -0.454. The minimum atomic E-state index is -3.61. The Hall–Kier alpha value is -1.01. The van der Waals surface area contributed by atoms with E-state index < -0.39 is 20.0 Å². The molecule has 8 nitrogen and oxygen atoms in total. The Morgan fingerprint density at radius 1 is 1.04 bits per heavy atom. The molecule has 0 aliphatic carbocycles. The molecule has 1 amide bonds. The second-order valence-corrected chi connectivity index (χ2v) is 12.0. The molecule has 0 N–H and O–H groups in total. The van der Waals surface area contributed by atoms with E-state index in [2.05, 4.69) is 15.9 Å². The van der Waals surface area contributed by atoms with Crippen molar-refractivity contribution in [3.8, 4) is 0 Å². The van der Waals surface area contributed by atoms with Gasteiger partial charge in [-0.25, -0.2) is 21.1 Å². The van der Waals surface area contributed by atoms with Gasteiger partial charge in [-0.15, -0.1) is 0 Å². The van der Waals surface area contributed by atoms with E-state index in [-0.39, 0.29) is 36.4 Å². The SMILES string of the molecule is CS(=O)(=O)N1CCC[C@H](C(=O)N2CCN(S(=O)(=O)c3cccc(Br)c3)CC2)C1. The van der Waals surface area contributed by atoms with Gasteiger partial charge in [0, 0.05) is 43.7 Å². The molecule has 156 valence electrons. The summed E-state index contributed by atoms with van der Waals surface area (Å²) in [5, 5.41) is 0. The first-order valence-corrected chi connectivity index (χ1v) is 13.2. The Kier molecular flexibility index (Phi) is 6.50. The lowest BCUT2D eigenvalue weighted by Gasteiger charge is -2.38. The lowest BCUT2D eigenvalue weighted by atomic mass is 9.98. The molecule has 0 bridgehead atoms. The summed E-state index contributed by atoms with van der Waals surface area (Å²) in [5.41, 5.74) is 0. The average molecular weight is 494 g/mol. The van der Waals surface area contributed by atoms with Crippen molar-refractivity contribution >= 4 is 41.9 Å². The van der Waals surface area contributed by atoms with E-state index in [1.165, 1.54) is 8.61 Å². The Balaban J connectivity index is 1.63. The zero-order valence-corrected chi connectivity index (χ0v) is 18.8. The highest BCUT2D eigenvalue weighted by molar-refractivity contribution is 9.10. The van der Waals surface area contributed by atoms with Crippen LogP contribution in [0.4, 0.5) is 0 Å². The Labute approximate surface area is 174 Å². The minimum absolute atomic E-state index is 0.0900. The van der Waals surface area contributed by atoms with E-state index in [1.807, 2.05) is 0 Å². The number of rotatable bonds is 4. The van der Waals surface area contributed by atoms with Crippen LogP contribution in [0, 0.1) is 5.92 Å². The lowest BCUT2D eigenvalue weighted by molar-refractivity contribution is -0.137. The molecule has 28 heavy (non-hydrogen) atoms. The Morgan fingerprint density at radius 3 is 2.32 bits per heavy atom. The van der Waals surface area contributed by atoms with E-state index in [4.69, 9.17) is 0 Å². The molecule has 2 saturated heterocycles. The van der Waals surface area contributed by atoms with Crippen molar-refractivity contribution in [1.82, 2.24) is 13.5 Å². The topological polar surface area (TPSA) is 95.1 Å². The number of piperidine rings is 1. The lowest BCUT2D eigenvalue weighted by Crippen LogP contribution is -2.53. The molecule has 0 spiro atoms. The van der Waals surface area contributed by atoms with Gasteiger partial charge in [-0.2, -0.15) is 4.31 Å². The van der Waals surface area contributed by atoms with E-state index in [1.54, 1.807) is 29.2 Å². The summed E-state index contributed by atoms with van der Waals surface area (Å²) in [6, 6.07) is 6.56. The molecule has 2 aliphatic rings. The van der Waals surface area contributed by atoms with Crippen LogP contribution in [0.5, 0.6) is 0 Å². The van der Waals surface area contributed by atoms with Gasteiger partial charge in [0.1, 0.15) is 0 Å². The molecular weight excluding hydrogens is 470 g/mol. The van der Waals surface area contributed by atoms with Crippen molar-refractivity contribution < 1.29 is 21.6 Å². The zero-order valence-electron chi connectivity index (χ0n) is 15.6. The minimum Gasteiger partial charge on any atom is -0.340 e. The summed E-state index contributed by atoms with van der Waals surface area (Å²) in [7, 11) is -6.92. The first kappa shape index (κ1) is 21.7. The van der Waals surface area contributed by atoms with Crippen LogP contribution in [0.2, 0.25) is 0 Å². The van der Waals surface area contributed by atoms with Crippen molar-refractivity contribution in [2.24, 2.45) is 5.92 Å². The summed E-state index contributed by atoms with van der Waals surface area (Å²) < 4.78 is 52.6. The molecule has 2 heterocycles. The van der Waals surface area contributed by atoms with Crippen LogP contribution in [-0.4, -0.2) is 81.8 Å². The van der Waals surface area contributed by atoms with Crippen LogP contribution >= 0.6 is 15.9 Å². The first-order chi connectivity index (χ1) is 13.1. The zero-order chi connectivity index (χ0) is 20.5. The maximum atomic E-state index is 12.8. The number of benzene rings is 1. The molecule has 1 aromatic rings. The van der Waals surface area contributed by atoms with Crippen LogP contribution in [0.15, 0.2) is 33.6 Å². The summed E-state index contributed by atoms with van der Waals surface area (Å²) in [6.45, 7) is 1.71. The van der Waals surface area contributed by atoms with E-state index in [0.29, 0.717) is 36.9 Å². The van der Waals surface area contributed by atoms with Crippen molar-refractivity contribution in [2.75, 3.05) is 45.5 Å². The number of hydrogen-bond donors (Lipinski definition) is 0. The number of carbonyl (C=O) groups is 1. The normalized spacial score (nSPS) is 22.9. The maximum absolute atomic E-state index is 12.8. The third-order valence-electron chi connectivity index (χ3n) is 5.19. The molecule has 0 radical (unpaired) electrons. The van der Waals surface area contributed by atoms with Crippen LogP contribution < -0.4 is 0 Å². The Morgan fingerprint density at radius 2 is 1.71 bits per heavy atom. The molecule has 0 aromatic heterocycles. The standard InChI is InChI=1S/C17H24BrN3O5S2/c1-27(23,24)21-7-3-4-14(13-21)17(22)19-8-10-20(11-9-19)28(25,26)16-6-2-5-15(18)12-16/h2,5-6,12,14H,3-4,7-11,13H2,1H3/t14-/m0/s1. The van der Waals surface area contributed by atoms with E-state index >= 15 is 0 Å². The van der Waals surface area contributed by atoms with Gasteiger partial charge in [0.15, 0.2) is 0 Å². The van der Waals surface area contributed by atoms with Crippen LogP contribution in [0.1, 0.15) is 12.8 Å². The number of hydrogen-bond acceptors (Lipinski definition) is 5. The van der Waals surface area contributed by atoms with Crippen LogP contribution in [-0.2, 0) is 24.8 Å². The van der Waals surface area contributed by atoms with Gasteiger partial charge in [-0.1, -0.05) is 22.0 Å². The number of nitrogens with zero attached hydrogens (tertiary/aromatic N) is 3. The molecule has 0 saturated carbocycles. The summed E-state index contributed by atoms with van der Waals surface area (Å²) in [4.78, 5) is 14.7. The number of halogens is 1. The fourth-order valence-corrected chi connectivity index (χ4v) is 6.56. The van der Waals surface area contributed by atoms with Crippen LogP contribution in [0.3, 0.4) is 0 Å². The summed E-state index contributed by atoms with van der Waals surface area (Å²) >= 11 is 3.29. The molecule has 1 atom stereocenters. The molecule has 0 unspecified atom stereocenters. The second kappa shape index (κ2) is 8.39. The van der Waals surface area contributed by atoms with Gasteiger partial charge in [0.05, 0.1) is 17.1 Å². The number of carbonyl (C=O) groups excluding carboxylic acids is 1. The first-order valence-electron chi connectivity index (χ1n) is 9.08. The fourth-order valence-electron chi connectivity index (χ4n) is 3.63. The third-order valence-corrected chi connectivity index (χ3v) is 8.84. The molecule has 3 rings (SSSR count). The third kappa shape index (κ3) is 4.76. The van der Waals surface area contributed by atoms with Crippen molar-refractivity contribution in [3.05, 3.63) is 28.7 Å². The van der Waals surface area contributed by atoms with Crippen molar-refractivity contribution in [2.45, 2.75) is 17.7 Å². The second-order valence-electron chi connectivity index (χ2n) is 7.15. The van der Waals surface area contributed by atoms with Gasteiger partial charge in [-0.05, 0) is 31.0 Å². The fraction of sp³-hybridized carbons (Fsp3) is 0.588. The van der Waals surface area contributed by atoms with Gasteiger partial charge in [0.2, 0.25) is 26.0 Å². The highest BCUT2D eigenvalue weighted by Gasteiger charge is 2.35. The quantitative estimate of drug-likeness (QED) is 0.622. The number of amides is 1. The monoisotopic (exact) mass is 493 g/mol. The predicted octanol–water partition coefficient (Wildman–Crippen LogP) is 0.954. The summed E-state index contributed by atoms with van der Waals surface area (Å²) in [6.07, 6.45) is 2.47. The number of piperazine rings is 1. The average Bonchev–Trinajstić information content (AvgIpc) is 2.67. The van der Waals surface area contributed by atoms with Gasteiger partial charge >= 0.3 is 0 Å². The predicted molar refractivity (Wildman–Crippen MR) is 109 cm³/mol.